The highest BCUT2D eigenvalue weighted by atomic mass is 35.5. The molecular formula is C15H23ClO3. The molecular weight excluding hydrogens is 264 g/mol. The normalized spacial score (nSPS) is 11.0. The van der Waals surface area contributed by atoms with Crippen LogP contribution in [0, 0.1) is 0 Å². The smallest absolute Gasteiger partial charge is 0.160 e. The molecule has 1 aromatic rings. The van der Waals surface area contributed by atoms with Gasteiger partial charge in [0.05, 0.1) is 6.61 Å². The zero-order valence-corrected chi connectivity index (χ0v) is 12.7. The molecule has 0 N–H and O–H groups in total. The molecule has 0 saturated carbocycles. The number of halogens is 1. The van der Waals surface area contributed by atoms with Gasteiger partial charge in [-0.15, -0.1) is 0 Å². The van der Waals surface area contributed by atoms with Crippen LogP contribution < -0.4 is 4.74 Å². The third-order valence-corrected chi connectivity index (χ3v) is 3.09. The van der Waals surface area contributed by atoms with E-state index in [-0.39, 0.29) is 6.29 Å². The van der Waals surface area contributed by atoms with E-state index in [1.165, 1.54) is 0 Å². The van der Waals surface area contributed by atoms with E-state index >= 15 is 0 Å². The van der Waals surface area contributed by atoms with Crippen LogP contribution in [0.15, 0.2) is 18.2 Å². The average Bonchev–Trinajstić information content (AvgIpc) is 2.41. The minimum atomic E-state index is -0.187. The molecule has 1 aromatic carbocycles. The van der Waals surface area contributed by atoms with Crippen LogP contribution in [0.25, 0.3) is 0 Å². The van der Waals surface area contributed by atoms with Gasteiger partial charge in [0.15, 0.2) is 6.29 Å². The number of rotatable bonds is 9. The lowest BCUT2D eigenvalue weighted by molar-refractivity contribution is -0.142. The Morgan fingerprint density at radius 2 is 1.79 bits per heavy atom. The molecule has 0 radical (unpaired) electrons. The number of benzene rings is 1. The first kappa shape index (κ1) is 16.3. The second-order valence-electron chi connectivity index (χ2n) is 4.08. The van der Waals surface area contributed by atoms with E-state index in [1.54, 1.807) is 0 Å². The number of hydrogen-bond donors (Lipinski definition) is 0. The summed E-state index contributed by atoms with van der Waals surface area (Å²) in [6, 6.07) is 5.74. The highest BCUT2D eigenvalue weighted by Crippen LogP contribution is 2.22. The van der Waals surface area contributed by atoms with Gasteiger partial charge >= 0.3 is 0 Å². The lowest BCUT2D eigenvalue weighted by Gasteiger charge is -2.17. The van der Waals surface area contributed by atoms with Crippen molar-refractivity contribution in [2.45, 2.75) is 39.9 Å². The topological polar surface area (TPSA) is 27.7 Å². The van der Waals surface area contributed by atoms with Crippen LogP contribution in [0.1, 0.15) is 32.8 Å². The first-order valence-electron chi connectivity index (χ1n) is 6.85. The summed E-state index contributed by atoms with van der Waals surface area (Å²) in [5.74, 6) is 0.841. The number of hydrogen-bond acceptors (Lipinski definition) is 3. The minimum absolute atomic E-state index is 0.187. The van der Waals surface area contributed by atoms with Gasteiger partial charge in [-0.2, -0.15) is 0 Å². The van der Waals surface area contributed by atoms with Crippen LogP contribution in [0.4, 0.5) is 0 Å². The highest BCUT2D eigenvalue weighted by Gasteiger charge is 2.08. The van der Waals surface area contributed by atoms with Crippen LogP contribution >= 0.6 is 11.6 Å². The largest absolute Gasteiger partial charge is 0.493 e. The molecule has 1 rings (SSSR count). The Kier molecular flexibility index (Phi) is 7.87. The molecule has 0 aliphatic rings. The Labute approximate surface area is 120 Å². The Balaban J connectivity index is 2.43. The molecule has 19 heavy (non-hydrogen) atoms. The second kappa shape index (κ2) is 9.18. The summed E-state index contributed by atoms with van der Waals surface area (Å²) in [7, 11) is 0. The summed E-state index contributed by atoms with van der Waals surface area (Å²) in [6.07, 6.45) is 1.43. The second-order valence-corrected chi connectivity index (χ2v) is 4.49. The minimum Gasteiger partial charge on any atom is -0.493 e. The molecule has 0 aliphatic carbocycles. The molecule has 0 heterocycles. The summed E-state index contributed by atoms with van der Waals surface area (Å²) in [4.78, 5) is 0. The Bertz CT molecular complexity index is 362. The Hall–Kier alpha value is -0.770. The van der Waals surface area contributed by atoms with Crippen molar-refractivity contribution in [1.82, 2.24) is 0 Å². The van der Waals surface area contributed by atoms with E-state index in [2.05, 4.69) is 6.92 Å². The van der Waals surface area contributed by atoms with Crippen molar-refractivity contribution < 1.29 is 14.2 Å². The third-order valence-electron chi connectivity index (χ3n) is 2.73. The summed E-state index contributed by atoms with van der Waals surface area (Å²) in [5, 5.41) is 0.788. The van der Waals surface area contributed by atoms with Gasteiger partial charge in [0.25, 0.3) is 0 Å². The van der Waals surface area contributed by atoms with E-state index in [4.69, 9.17) is 25.8 Å². The molecule has 0 saturated heterocycles. The maximum atomic E-state index is 6.07. The lowest BCUT2D eigenvalue weighted by Crippen LogP contribution is -2.20. The summed E-state index contributed by atoms with van der Waals surface area (Å²) >= 11 is 6.07. The van der Waals surface area contributed by atoms with Crippen molar-refractivity contribution in [1.29, 1.82) is 0 Å². The standard InChI is InChI=1S/C15H23ClO3/c1-4-12-11-13(7-8-14(12)16)19-10-9-15(17-5-2)18-6-3/h7-8,11,15H,4-6,9-10H2,1-3H3. The molecule has 108 valence electrons. The molecule has 0 atom stereocenters. The molecule has 4 heteroatoms. The summed E-state index contributed by atoms with van der Waals surface area (Å²) < 4.78 is 16.6. The van der Waals surface area contributed by atoms with E-state index in [1.807, 2.05) is 32.0 Å². The molecule has 3 nitrogen and oxygen atoms in total. The van der Waals surface area contributed by atoms with Gasteiger partial charge in [0.2, 0.25) is 0 Å². The van der Waals surface area contributed by atoms with Crippen molar-refractivity contribution in [2.75, 3.05) is 19.8 Å². The fourth-order valence-electron chi connectivity index (χ4n) is 1.77. The van der Waals surface area contributed by atoms with E-state index in [0.29, 0.717) is 26.2 Å². The van der Waals surface area contributed by atoms with Crippen LogP contribution in [0.3, 0.4) is 0 Å². The van der Waals surface area contributed by atoms with Gasteiger partial charge < -0.3 is 14.2 Å². The van der Waals surface area contributed by atoms with E-state index in [9.17, 15) is 0 Å². The van der Waals surface area contributed by atoms with Crippen LogP contribution in [-0.2, 0) is 15.9 Å². The van der Waals surface area contributed by atoms with Crippen LogP contribution in [0.5, 0.6) is 5.75 Å². The van der Waals surface area contributed by atoms with Gasteiger partial charge in [0.1, 0.15) is 5.75 Å². The lowest BCUT2D eigenvalue weighted by atomic mass is 10.1. The summed E-state index contributed by atoms with van der Waals surface area (Å²) in [6.45, 7) is 7.84. The average molecular weight is 287 g/mol. The maximum Gasteiger partial charge on any atom is 0.160 e. The Morgan fingerprint density at radius 1 is 1.11 bits per heavy atom. The molecule has 0 amide bonds. The molecule has 0 fully saturated rings. The van der Waals surface area contributed by atoms with Gasteiger partial charge in [-0.25, -0.2) is 0 Å². The van der Waals surface area contributed by atoms with Gasteiger partial charge in [0, 0.05) is 24.7 Å². The Morgan fingerprint density at radius 3 is 2.37 bits per heavy atom. The van der Waals surface area contributed by atoms with Crippen LogP contribution in [-0.4, -0.2) is 26.1 Å². The highest BCUT2D eigenvalue weighted by molar-refractivity contribution is 6.31. The van der Waals surface area contributed by atoms with Gasteiger partial charge in [-0.3, -0.25) is 0 Å². The quantitative estimate of drug-likeness (QED) is 0.641. The van der Waals surface area contributed by atoms with E-state index < -0.39 is 0 Å². The first-order valence-corrected chi connectivity index (χ1v) is 7.23. The molecule has 0 spiro atoms. The zero-order valence-electron chi connectivity index (χ0n) is 11.9. The molecule has 0 unspecified atom stereocenters. The van der Waals surface area contributed by atoms with Crippen molar-refractivity contribution >= 4 is 11.6 Å². The fraction of sp³-hybridized carbons (Fsp3) is 0.600. The number of ether oxygens (including phenoxy) is 3. The van der Waals surface area contributed by atoms with Crippen molar-refractivity contribution in [3.05, 3.63) is 28.8 Å². The van der Waals surface area contributed by atoms with Crippen molar-refractivity contribution in [3.8, 4) is 5.75 Å². The predicted molar refractivity (Wildman–Crippen MR) is 78.0 cm³/mol. The summed E-state index contributed by atoms with van der Waals surface area (Å²) in [5.41, 5.74) is 1.10. The fourth-order valence-corrected chi connectivity index (χ4v) is 2.02. The monoisotopic (exact) mass is 286 g/mol. The first-order chi connectivity index (χ1) is 9.21. The van der Waals surface area contributed by atoms with Crippen molar-refractivity contribution in [2.24, 2.45) is 0 Å². The van der Waals surface area contributed by atoms with E-state index in [0.717, 1.165) is 22.8 Å². The number of aryl methyl sites for hydroxylation is 1. The van der Waals surface area contributed by atoms with Crippen molar-refractivity contribution in [3.63, 3.8) is 0 Å². The molecule has 0 bridgehead atoms. The zero-order chi connectivity index (χ0) is 14.1. The molecule has 0 aliphatic heterocycles. The SMILES string of the molecule is CCOC(CCOc1ccc(Cl)c(CC)c1)OCC. The van der Waals surface area contributed by atoms with Gasteiger partial charge in [-0.05, 0) is 44.0 Å². The third kappa shape index (κ3) is 5.81. The predicted octanol–water partition coefficient (Wildman–Crippen LogP) is 4.07. The van der Waals surface area contributed by atoms with Gasteiger partial charge in [-0.1, -0.05) is 18.5 Å². The van der Waals surface area contributed by atoms with Crippen LogP contribution in [0.2, 0.25) is 5.02 Å². The maximum absolute atomic E-state index is 6.07. The molecule has 0 aromatic heterocycles.